The molecule has 7 heteroatoms. The zero-order valence-electron chi connectivity index (χ0n) is 13.7. The number of nitrogens with two attached hydrogens (primary N) is 1. The van der Waals surface area contributed by atoms with Gasteiger partial charge in [0, 0.05) is 43.4 Å². The number of aryl methyl sites for hydroxylation is 1. The summed E-state index contributed by atoms with van der Waals surface area (Å²) in [5.41, 5.74) is 9.45. The Bertz CT molecular complexity index is 754. The van der Waals surface area contributed by atoms with E-state index in [0.29, 0.717) is 13.1 Å². The molecule has 1 aromatic carbocycles. The number of aromatic nitrogens is 2. The molecule has 7 nitrogen and oxygen atoms in total. The van der Waals surface area contributed by atoms with Gasteiger partial charge in [0.1, 0.15) is 0 Å². The van der Waals surface area contributed by atoms with E-state index in [1.807, 2.05) is 42.1 Å². The van der Waals surface area contributed by atoms with Crippen LogP contribution in [0, 0.1) is 0 Å². The molecule has 24 heavy (non-hydrogen) atoms. The number of carbonyl (C=O) groups is 2. The van der Waals surface area contributed by atoms with E-state index < -0.39 is 6.03 Å². The number of primary amides is 1. The van der Waals surface area contributed by atoms with E-state index in [2.05, 4.69) is 10.4 Å². The summed E-state index contributed by atoms with van der Waals surface area (Å²) in [7, 11) is 1.94. The first-order chi connectivity index (χ1) is 11.6. The van der Waals surface area contributed by atoms with Crippen molar-refractivity contribution in [2.45, 2.75) is 12.8 Å². The molecule has 1 aliphatic heterocycles. The summed E-state index contributed by atoms with van der Waals surface area (Å²) >= 11 is 0. The predicted octanol–water partition coefficient (Wildman–Crippen LogP) is 0.683. The van der Waals surface area contributed by atoms with Crippen molar-refractivity contribution in [3.63, 3.8) is 0 Å². The Morgan fingerprint density at radius 1 is 1.21 bits per heavy atom. The van der Waals surface area contributed by atoms with E-state index >= 15 is 0 Å². The minimum atomic E-state index is -0.683. The molecule has 0 radical (unpaired) electrons. The van der Waals surface area contributed by atoms with Crippen LogP contribution >= 0.6 is 0 Å². The zero-order valence-corrected chi connectivity index (χ0v) is 13.7. The van der Waals surface area contributed by atoms with E-state index in [1.54, 1.807) is 4.90 Å². The van der Waals surface area contributed by atoms with Gasteiger partial charge in [0.25, 0.3) is 0 Å². The molecule has 2 heterocycles. The molecule has 0 saturated heterocycles. The number of hydrogen-bond acceptors (Lipinski definition) is 3. The summed E-state index contributed by atoms with van der Waals surface area (Å²) in [6, 6.07) is 9.39. The highest BCUT2D eigenvalue weighted by Crippen LogP contribution is 2.27. The lowest BCUT2D eigenvalue weighted by Crippen LogP contribution is -2.42. The quantitative estimate of drug-likeness (QED) is 0.868. The molecular formula is C17H21N5O2. The predicted molar refractivity (Wildman–Crippen MR) is 90.2 cm³/mol. The summed E-state index contributed by atoms with van der Waals surface area (Å²) in [5.74, 6) is -0.115. The molecule has 2 aromatic rings. The fraction of sp³-hybridized carbons (Fsp3) is 0.353. The molecule has 3 N–H and O–H groups in total. The Kier molecular flexibility index (Phi) is 4.50. The molecule has 0 spiro atoms. The maximum Gasteiger partial charge on any atom is 0.312 e. The summed E-state index contributed by atoms with van der Waals surface area (Å²) in [6.07, 6.45) is 1.49. The molecule has 3 rings (SSSR count). The molecule has 1 aromatic heterocycles. The molecule has 3 amide bonds. The Morgan fingerprint density at radius 2 is 1.92 bits per heavy atom. The van der Waals surface area contributed by atoms with Crippen LogP contribution in [0.25, 0.3) is 11.3 Å². The highest BCUT2D eigenvalue weighted by Gasteiger charge is 2.24. The van der Waals surface area contributed by atoms with E-state index in [9.17, 15) is 9.59 Å². The van der Waals surface area contributed by atoms with Gasteiger partial charge in [0.05, 0.1) is 12.2 Å². The maximum absolute atomic E-state index is 12.2. The maximum atomic E-state index is 12.2. The van der Waals surface area contributed by atoms with Crippen LogP contribution in [0.1, 0.15) is 11.3 Å². The fourth-order valence-electron chi connectivity index (χ4n) is 3.13. The standard InChI is InChI=1S/C17H21N5O2/c1-21-14-8-10-22(15(23)11-19-17(18)24)9-7-13(14)16(20-21)12-5-3-2-4-6-12/h2-6H,7-11H2,1H3,(H3,18,19,24). The van der Waals surface area contributed by atoms with Crippen molar-refractivity contribution in [2.24, 2.45) is 12.8 Å². The average Bonchev–Trinajstić information content (AvgIpc) is 2.76. The number of hydrogen-bond donors (Lipinski definition) is 2. The Labute approximate surface area is 140 Å². The van der Waals surface area contributed by atoms with Crippen molar-refractivity contribution in [2.75, 3.05) is 19.6 Å². The summed E-state index contributed by atoms with van der Waals surface area (Å²) in [6.45, 7) is 1.16. The SMILES string of the molecule is Cn1nc(-c2ccccc2)c2c1CCN(C(=O)CNC(N)=O)CC2. The summed E-state index contributed by atoms with van der Waals surface area (Å²) < 4.78 is 1.91. The van der Waals surface area contributed by atoms with Crippen molar-refractivity contribution >= 4 is 11.9 Å². The highest BCUT2D eigenvalue weighted by molar-refractivity contribution is 5.83. The molecule has 0 bridgehead atoms. The van der Waals surface area contributed by atoms with Crippen LogP contribution in [0.3, 0.4) is 0 Å². The van der Waals surface area contributed by atoms with Gasteiger partial charge in [-0.2, -0.15) is 5.10 Å². The second-order valence-electron chi connectivity index (χ2n) is 5.86. The monoisotopic (exact) mass is 327 g/mol. The minimum Gasteiger partial charge on any atom is -0.352 e. The average molecular weight is 327 g/mol. The topological polar surface area (TPSA) is 93.2 Å². The first kappa shape index (κ1) is 16.0. The highest BCUT2D eigenvalue weighted by atomic mass is 16.2. The van der Waals surface area contributed by atoms with Crippen LogP contribution in [0.5, 0.6) is 0 Å². The second-order valence-corrected chi connectivity index (χ2v) is 5.86. The number of amides is 3. The third kappa shape index (κ3) is 3.24. The zero-order chi connectivity index (χ0) is 17.1. The molecule has 126 valence electrons. The van der Waals surface area contributed by atoms with E-state index in [4.69, 9.17) is 5.73 Å². The van der Waals surface area contributed by atoms with Gasteiger partial charge in [0.15, 0.2) is 0 Å². The van der Waals surface area contributed by atoms with Crippen LogP contribution in [0.4, 0.5) is 4.79 Å². The lowest BCUT2D eigenvalue weighted by Gasteiger charge is -2.20. The molecule has 0 saturated carbocycles. The second kappa shape index (κ2) is 6.74. The molecular weight excluding hydrogens is 306 g/mol. The molecule has 0 atom stereocenters. The van der Waals surface area contributed by atoms with Gasteiger partial charge in [-0.3, -0.25) is 9.48 Å². The number of rotatable bonds is 3. The Morgan fingerprint density at radius 3 is 2.62 bits per heavy atom. The number of fused-ring (bicyclic) bond motifs is 1. The molecule has 0 fully saturated rings. The van der Waals surface area contributed by atoms with E-state index in [-0.39, 0.29) is 12.5 Å². The number of nitrogens with one attached hydrogen (secondary N) is 1. The largest absolute Gasteiger partial charge is 0.352 e. The van der Waals surface area contributed by atoms with E-state index in [0.717, 1.165) is 29.8 Å². The van der Waals surface area contributed by atoms with Gasteiger partial charge >= 0.3 is 6.03 Å². The van der Waals surface area contributed by atoms with Gasteiger partial charge in [-0.15, -0.1) is 0 Å². The van der Waals surface area contributed by atoms with Crippen LogP contribution in [-0.4, -0.2) is 46.3 Å². The third-order valence-electron chi connectivity index (χ3n) is 4.34. The summed E-state index contributed by atoms with van der Waals surface area (Å²) in [5, 5.41) is 7.03. The van der Waals surface area contributed by atoms with Gasteiger partial charge in [0.2, 0.25) is 5.91 Å². The fourth-order valence-corrected chi connectivity index (χ4v) is 3.13. The lowest BCUT2D eigenvalue weighted by molar-refractivity contribution is -0.129. The number of urea groups is 1. The smallest absolute Gasteiger partial charge is 0.312 e. The van der Waals surface area contributed by atoms with Gasteiger partial charge in [-0.05, 0) is 6.42 Å². The third-order valence-corrected chi connectivity index (χ3v) is 4.34. The van der Waals surface area contributed by atoms with Crippen molar-refractivity contribution < 1.29 is 9.59 Å². The molecule has 0 aliphatic carbocycles. The van der Waals surface area contributed by atoms with Crippen molar-refractivity contribution in [1.29, 1.82) is 0 Å². The van der Waals surface area contributed by atoms with Crippen LogP contribution in [-0.2, 0) is 24.7 Å². The first-order valence-electron chi connectivity index (χ1n) is 7.97. The van der Waals surface area contributed by atoms with E-state index in [1.165, 1.54) is 5.56 Å². The van der Waals surface area contributed by atoms with Crippen molar-refractivity contribution in [3.05, 3.63) is 41.6 Å². The lowest BCUT2D eigenvalue weighted by atomic mass is 10.0. The number of nitrogens with zero attached hydrogens (tertiary/aromatic N) is 3. The van der Waals surface area contributed by atoms with Gasteiger partial charge < -0.3 is 16.0 Å². The molecule has 0 unspecified atom stereocenters. The minimum absolute atomic E-state index is 0.0600. The van der Waals surface area contributed by atoms with Crippen molar-refractivity contribution in [3.8, 4) is 11.3 Å². The normalized spacial score (nSPS) is 14.0. The summed E-state index contributed by atoms with van der Waals surface area (Å²) in [4.78, 5) is 24.7. The van der Waals surface area contributed by atoms with Crippen molar-refractivity contribution in [1.82, 2.24) is 20.0 Å². The van der Waals surface area contributed by atoms with Gasteiger partial charge in [-0.1, -0.05) is 30.3 Å². The van der Waals surface area contributed by atoms with Crippen LogP contribution < -0.4 is 11.1 Å². The van der Waals surface area contributed by atoms with Crippen LogP contribution in [0.15, 0.2) is 30.3 Å². The van der Waals surface area contributed by atoms with Gasteiger partial charge in [-0.25, -0.2) is 4.79 Å². The van der Waals surface area contributed by atoms with Crippen LogP contribution in [0.2, 0.25) is 0 Å². The Balaban J connectivity index is 1.79. The number of benzene rings is 1. The number of carbonyl (C=O) groups excluding carboxylic acids is 2. The molecule has 1 aliphatic rings. The Hall–Kier alpha value is -2.83. The first-order valence-corrected chi connectivity index (χ1v) is 7.97.